The van der Waals surface area contributed by atoms with Gasteiger partial charge in [-0.1, -0.05) is 43.3 Å². The van der Waals surface area contributed by atoms with Gasteiger partial charge in [0.05, 0.1) is 5.69 Å². The van der Waals surface area contributed by atoms with E-state index in [0.29, 0.717) is 6.04 Å². The molecule has 0 saturated heterocycles. The Morgan fingerprint density at radius 3 is 2.47 bits per heavy atom. The van der Waals surface area contributed by atoms with Crippen LogP contribution in [0.1, 0.15) is 48.9 Å². The maximum absolute atomic E-state index is 5.08. The maximum atomic E-state index is 5.08. The van der Waals surface area contributed by atoms with Crippen molar-refractivity contribution < 1.29 is 4.52 Å². The van der Waals surface area contributed by atoms with Gasteiger partial charge in [0.2, 0.25) is 0 Å². The number of aromatic nitrogens is 1. The highest BCUT2D eigenvalue weighted by molar-refractivity contribution is 5.25. The summed E-state index contributed by atoms with van der Waals surface area (Å²) in [6.07, 6.45) is 2.14. The average Bonchev–Trinajstić information content (AvgIpc) is 2.86. The molecule has 3 nitrogen and oxygen atoms in total. The third-order valence-electron chi connectivity index (χ3n) is 3.40. The summed E-state index contributed by atoms with van der Waals surface area (Å²) in [6, 6.07) is 11.2. The molecule has 2 rings (SSSR count). The Labute approximate surface area is 115 Å². The lowest BCUT2D eigenvalue weighted by Crippen LogP contribution is -2.20. The van der Waals surface area contributed by atoms with Gasteiger partial charge in [-0.25, -0.2) is 0 Å². The molecular formula is C16H22N2O. The van der Waals surface area contributed by atoms with Gasteiger partial charge >= 0.3 is 0 Å². The summed E-state index contributed by atoms with van der Waals surface area (Å²) in [5.41, 5.74) is 3.67. The van der Waals surface area contributed by atoms with Gasteiger partial charge in [-0.3, -0.25) is 0 Å². The molecular weight excluding hydrogens is 236 g/mol. The summed E-state index contributed by atoms with van der Waals surface area (Å²) in [5, 5.41) is 7.54. The summed E-state index contributed by atoms with van der Waals surface area (Å²) in [5.74, 6) is 0.858. The van der Waals surface area contributed by atoms with Gasteiger partial charge in [0.25, 0.3) is 0 Å². The Balaban J connectivity index is 1.98. The normalized spacial score (nSPS) is 12.6. The van der Waals surface area contributed by atoms with Crippen LogP contribution >= 0.6 is 0 Å². The summed E-state index contributed by atoms with van der Waals surface area (Å²) in [4.78, 5) is 0. The first-order chi connectivity index (χ1) is 9.22. The molecule has 0 amide bonds. The number of hydrogen-bond acceptors (Lipinski definition) is 3. The second kappa shape index (κ2) is 6.53. The van der Waals surface area contributed by atoms with Crippen LogP contribution in [0.4, 0.5) is 0 Å². The molecule has 1 heterocycles. The van der Waals surface area contributed by atoms with Gasteiger partial charge in [0, 0.05) is 18.7 Å². The quantitative estimate of drug-likeness (QED) is 0.856. The molecule has 3 heteroatoms. The highest BCUT2D eigenvalue weighted by Gasteiger charge is 2.09. The van der Waals surface area contributed by atoms with Gasteiger partial charge in [-0.05, 0) is 30.9 Å². The van der Waals surface area contributed by atoms with Crippen molar-refractivity contribution in [2.45, 2.75) is 46.2 Å². The van der Waals surface area contributed by atoms with Crippen LogP contribution in [0.25, 0.3) is 0 Å². The monoisotopic (exact) mass is 258 g/mol. The van der Waals surface area contributed by atoms with E-state index in [4.69, 9.17) is 4.52 Å². The van der Waals surface area contributed by atoms with Crippen LogP contribution in [0.15, 0.2) is 34.9 Å². The predicted octanol–water partition coefficient (Wildman–Crippen LogP) is 3.79. The minimum absolute atomic E-state index is 0.364. The van der Waals surface area contributed by atoms with E-state index in [9.17, 15) is 0 Å². The summed E-state index contributed by atoms with van der Waals surface area (Å²) in [6.45, 7) is 7.03. The number of nitrogens with one attached hydrogen (secondary N) is 1. The van der Waals surface area contributed by atoms with E-state index in [2.05, 4.69) is 48.6 Å². The van der Waals surface area contributed by atoms with E-state index in [0.717, 1.165) is 30.8 Å². The fourth-order valence-corrected chi connectivity index (χ4v) is 2.21. The summed E-state index contributed by atoms with van der Waals surface area (Å²) < 4.78 is 5.08. The zero-order chi connectivity index (χ0) is 13.7. The lowest BCUT2D eigenvalue weighted by molar-refractivity contribution is 0.385. The van der Waals surface area contributed by atoms with Gasteiger partial charge in [-0.2, -0.15) is 0 Å². The Bertz CT molecular complexity index is 502. The Hall–Kier alpha value is -1.61. The minimum atomic E-state index is 0.364. The van der Waals surface area contributed by atoms with Crippen LogP contribution in [0.5, 0.6) is 0 Å². The molecule has 1 N–H and O–H groups in total. The molecule has 19 heavy (non-hydrogen) atoms. The van der Waals surface area contributed by atoms with E-state index in [1.807, 2.05) is 13.0 Å². The van der Waals surface area contributed by atoms with Crippen molar-refractivity contribution in [1.82, 2.24) is 10.5 Å². The smallest absolute Gasteiger partial charge is 0.133 e. The van der Waals surface area contributed by atoms with Gasteiger partial charge in [-0.15, -0.1) is 0 Å². The van der Waals surface area contributed by atoms with E-state index in [1.165, 1.54) is 11.1 Å². The van der Waals surface area contributed by atoms with E-state index in [-0.39, 0.29) is 0 Å². The van der Waals surface area contributed by atoms with Gasteiger partial charge in [0.1, 0.15) is 5.76 Å². The standard InChI is InChI=1S/C16H22N2O/c1-4-13-6-8-14(9-7-13)16(5-2)17-11-15-10-12(3)19-18-15/h6-10,16-17H,4-5,11H2,1-3H3. The van der Waals surface area contributed by atoms with Crippen LogP contribution in [0.3, 0.4) is 0 Å². The highest BCUT2D eigenvalue weighted by Crippen LogP contribution is 2.18. The molecule has 0 aliphatic heterocycles. The third-order valence-corrected chi connectivity index (χ3v) is 3.40. The molecule has 0 aliphatic rings. The molecule has 102 valence electrons. The van der Waals surface area contributed by atoms with Crippen molar-refractivity contribution in [1.29, 1.82) is 0 Å². The molecule has 0 radical (unpaired) electrons. The minimum Gasteiger partial charge on any atom is -0.361 e. The van der Waals surface area contributed by atoms with Crippen molar-refractivity contribution >= 4 is 0 Å². The summed E-state index contributed by atoms with van der Waals surface area (Å²) in [7, 11) is 0. The molecule has 1 atom stereocenters. The first kappa shape index (κ1) is 13.8. The second-order valence-corrected chi connectivity index (χ2v) is 4.87. The van der Waals surface area contributed by atoms with Crippen LogP contribution in [0, 0.1) is 6.92 Å². The molecule has 0 saturated carbocycles. The zero-order valence-corrected chi connectivity index (χ0v) is 11.9. The predicted molar refractivity (Wildman–Crippen MR) is 76.9 cm³/mol. The number of benzene rings is 1. The Morgan fingerprint density at radius 1 is 1.21 bits per heavy atom. The van der Waals surface area contributed by atoms with Crippen molar-refractivity contribution in [3.8, 4) is 0 Å². The van der Waals surface area contributed by atoms with Crippen LogP contribution < -0.4 is 5.32 Å². The second-order valence-electron chi connectivity index (χ2n) is 4.87. The van der Waals surface area contributed by atoms with Crippen LogP contribution in [0.2, 0.25) is 0 Å². The van der Waals surface area contributed by atoms with Crippen molar-refractivity contribution in [2.24, 2.45) is 0 Å². The van der Waals surface area contributed by atoms with E-state index < -0.39 is 0 Å². The molecule has 1 aromatic heterocycles. The van der Waals surface area contributed by atoms with Crippen LogP contribution in [-0.4, -0.2) is 5.16 Å². The first-order valence-corrected chi connectivity index (χ1v) is 6.97. The largest absolute Gasteiger partial charge is 0.361 e. The molecule has 1 aromatic carbocycles. The van der Waals surface area contributed by atoms with E-state index >= 15 is 0 Å². The average molecular weight is 258 g/mol. The Kier molecular flexibility index (Phi) is 4.74. The fraction of sp³-hybridized carbons (Fsp3) is 0.438. The fourth-order valence-electron chi connectivity index (χ4n) is 2.21. The lowest BCUT2D eigenvalue weighted by atomic mass is 10.0. The molecule has 0 spiro atoms. The molecule has 1 unspecified atom stereocenters. The van der Waals surface area contributed by atoms with Crippen LogP contribution in [-0.2, 0) is 13.0 Å². The van der Waals surface area contributed by atoms with Crippen molar-refractivity contribution in [3.05, 3.63) is 52.9 Å². The number of aryl methyl sites for hydroxylation is 2. The zero-order valence-electron chi connectivity index (χ0n) is 11.9. The number of rotatable bonds is 6. The number of nitrogens with zero attached hydrogens (tertiary/aromatic N) is 1. The molecule has 0 fully saturated rings. The summed E-state index contributed by atoms with van der Waals surface area (Å²) >= 11 is 0. The van der Waals surface area contributed by atoms with E-state index in [1.54, 1.807) is 0 Å². The van der Waals surface area contributed by atoms with Gasteiger partial charge < -0.3 is 9.84 Å². The number of hydrogen-bond donors (Lipinski definition) is 1. The first-order valence-electron chi connectivity index (χ1n) is 6.97. The maximum Gasteiger partial charge on any atom is 0.133 e. The van der Waals surface area contributed by atoms with Crippen molar-refractivity contribution in [3.63, 3.8) is 0 Å². The molecule has 2 aromatic rings. The van der Waals surface area contributed by atoms with Crippen molar-refractivity contribution in [2.75, 3.05) is 0 Å². The molecule has 0 aliphatic carbocycles. The molecule has 0 bridgehead atoms. The SMILES string of the molecule is CCc1ccc(C(CC)NCc2cc(C)on2)cc1. The Morgan fingerprint density at radius 2 is 1.95 bits per heavy atom. The third kappa shape index (κ3) is 3.67. The van der Waals surface area contributed by atoms with Gasteiger partial charge in [0.15, 0.2) is 0 Å². The highest BCUT2D eigenvalue weighted by atomic mass is 16.5. The topological polar surface area (TPSA) is 38.1 Å². The lowest BCUT2D eigenvalue weighted by Gasteiger charge is -2.17.